The first-order valence-corrected chi connectivity index (χ1v) is 6.46. The van der Waals surface area contributed by atoms with Crippen molar-refractivity contribution in [2.75, 3.05) is 6.54 Å². The van der Waals surface area contributed by atoms with Crippen molar-refractivity contribution in [2.45, 2.75) is 18.9 Å². The van der Waals surface area contributed by atoms with E-state index in [0.717, 1.165) is 0 Å². The Balaban J connectivity index is 0. The molecular weight excluding hydrogens is 276 g/mol. The molecule has 0 aliphatic heterocycles. The SMILES string of the molecule is NC(N)=NCCC[C@H](N)C(=O)O.[O]=[Cr](=[O])([OH])[OH]. The van der Waals surface area contributed by atoms with E-state index in [2.05, 4.69) is 4.99 Å². The van der Waals surface area contributed by atoms with Crippen LogP contribution in [0.4, 0.5) is 0 Å². The van der Waals surface area contributed by atoms with Crippen molar-refractivity contribution in [1.82, 2.24) is 0 Å². The second-order valence-corrected chi connectivity index (χ2v) is 4.24. The second-order valence-electron chi connectivity index (χ2n) is 2.84. The maximum absolute atomic E-state index is 10.2. The van der Waals surface area contributed by atoms with Crippen LogP contribution >= 0.6 is 0 Å². The van der Waals surface area contributed by atoms with Gasteiger partial charge in [0, 0.05) is 6.54 Å². The summed E-state index contributed by atoms with van der Waals surface area (Å²) >= 11 is -5.25. The van der Waals surface area contributed by atoms with Gasteiger partial charge in [-0.25, -0.2) is 0 Å². The molecule has 0 aliphatic carbocycles. The second kappa shape index (κ2) is 8.85. The number of aliphatic carboxylic acids is 1. The fourth-order valence-electron chi connectivity index (χ4n) is 0.643. The van der Waals surface area contributed by atoms with Gasteiger partial charge in [0.25, 0.3) is 0 Å². The van der Waals surface area contributed by atoms with Crippen LogP contribution in [0.15, 0.2) is 4.99 Å². The predicted octanol–water partition coefficient (Wildman–Crippen LogP) is -2.90. The van der Waals surface area contributed by atoms with E-state index in [1.165, 1.54) is 0 Å². The zero-order chi connectivity index (χ0) is 14.1. The number of hydrogen-bond acceptors (Lipinski definition) is 5. The number of guanidine groups is 1. The first-order chi connectivity index (χ1) is 7.54. The van der Waals surface area contributed by atoms with Crippen molar-refractivity contribution in [3.63, 3.8) is 0 Å². The van der Waals surface area contributed by atoms with Crippen molar-refractivity contribution < 1.29 is 39.4 Å². The van der Waals surface area contributed by atoms with Gasteiger partial charge in [0.15, 0.2) is 5.96 Å². The van der Waals surface area contributed by atoms with Crippen LogP contribution in [-0.4, -0.2) is 37.9 Å². The molecule has 0 amide bonds. The topological polar surface area (TPSA) is 202 Å². The maximum atomic E-state index is 10.2. The Morgan fingerprint density at radius 1 is 1.29 bits per heavy atom. The molecule has 0 aromatic heterocycles. The molecule has 0 saturated heterocycles. The molecule has 0 heterocycles. The number of carboxylic acid groups (broad SMARTS) is 1. The van der Waals surface area contributed by atoms with E-state index < -0.39 is 25.6 Å². The van der Waals surface area contributed by atoms with E-state index in [9.17, 15) is 4.79 Å². The zero-order valence-corrected chi connectivity index (χ0v) is 10.1. The van der Waals surface area contributed by atoms with Crippen LogP contribution in [0.25, 0.3) is 0 Å². The van der Waals surface area contributed by atoms with Crippen LogP contribution in [0.5, 0.6) is 0 Å². The number of hydrogen-bond donors (Lipinski definition) is 6. The van der Waals surface area contributed by atoms with Crippen LogP contribution < -0.4 is 17.2 Å². The summed E-state index contributed by atoms with van der Waals surface area (Å²) in [6, 6.07) is -0.820. The van der Waals surface area contributed by atoms with Crippen molar-refractivity contribution in [3.05, 3.63) is 0 Å². The molecule has 17 heavy (non-hydrogen) atoms. The molecule has 11 heteroatoms. The first kappa shape index (κ1) is 18.1. The van der Waals surface area contributed by atoms with Gasteiger partial charge >= 0.3 is 35.5 Å². The minimum absolute atomic E-state index is 0.0129. The summed E-state index contributed by atoms with van der Waals surface area (Å²) in [7, 11) is 0. The molecule has 0 radical (unpaired) electrons. The summed E-state index contributed by atoms with van der Waals surface area (Å²) in [6.07, 6.45) is 0.956. The summed E-state index contributed by atoms with van der Waals surface area (Å²) in [5, 5.41) is 8.38. The molecule has 10 nitrogen and oxygen atoms in total. The number of nitrogens with two attached hydrogens (primary N) is 3. The molecule has 9 N–H and O–H groups in total. The zero-order valence-electron chi connectivity index (χ0n) is 8.85. The molecule has 1 atom stereocenters. The monoisotopic (exact) mass is 292 g/mol. The summed E-state index contributed by atoms with van der Waals surface area (Å²) in [6.45, 7) is 0.420. The molecule has 0 saturated carbocycles. The first-order valence-electron chi connectivity index (χ1n) is 4.27. The van der Waals surface area contributed by atoms with Gasteiger partial charge in [-0.15, -0.1) is 0 Å². The number of rotatable bonds is 5. The number of nitrogens with zero attached hydrogens (tertiary/aromatic N) is 1. The van der Waals surface area contributed by atoms with Crippen LogP contribution in [0.2, 0.25) is 0 Å². The fourth-order valence-corrected chi connectivity index (χ4v) is 0.643. The minimum atomic E-state index is -5.25. The van der Waals surface area contributed by atoms with Crippen LogP contribution in [0.1, 0.15) is 12.8 Å². The van der Waals surface area contributed by atoms with E-state index in [1.807, 2.05) is 0 Å². The van der Waals surface area contributed by atoms with Gasteiger partial charge in [-0.1, -0.05) is 0 Å². The Morgan fingerprint density at radius 2 is 1.71 bits per heavy atom. The molecule has 102 valence electrons. The van der Waals surface area contributed by atoms with Gasteiger partial charge in [-0.2, -0.15) is 0 Å². The third-order valence-electron chi connectivity index (χ3n) is 1.28. The van der Waals surface area contributed by atoms with Crippen LogP contribution in [0.3, 0.4) is 0 Å². The normalized spacial score (nSPS) is 11.9. The van der Waals surface area contributed by atoms with Gasteiger partial charge in [-0.3, -0.25) is 9.79 Å². The summed E-state index contributed by atoms with van der Waals surface area (Å²) in [4.78, 5) is 13.9. The van der Waals surface area contributed by atoms with Gasteiger partial charge in [0.2, 0.25) is 0 Å². The summed E-state index contributed by atoms with van der Waals surface area (Å²) in [5.74, 6) is -0.987. The molecule has 0 bridgehead atoms. The van der Waals surface area contributed by atoms with Crippen LogP contribution in [-0.2, 0) is 26.0 Å². The Bertz CT molecular complexity index is 342. The third-order valence-corrected chi connectivity index (χ3v) is 1.28. The molecule has 0 aromatic carbocycles. The van der Waals surface area contributed by atoms with E-state index >= 15 is 0 Å². The fraction of sp³-hybridized carbons (Fsp3) is 0.667. The molecule has 0 unspecified atom stereocenters. The standard InChI is InChI=1S/C6H14N4O2.Cr.2H2O.2O/c7-4(5(11)12)2-1-3-10-6(8)9;;;;;/h4H,1-3,7H2,(H,11,12)(H4,8,9,10);;2*1H2;;/q;+2;;;;/p-2/t4-;;;;;/m0...../s1. The Labute approximate surface area is 99.5 Å². The average molecular weight is 292 g/mol. The van der Waals surface area contributed by atoms with E-state index in [1.54, 1.807) is 0 Å². The third kappa shape index (κ3) is 25.2. The quantitative estimate of drug-likeness (QED) is 0.174. The van der Waals surface area contributed by atoms with Crippen molar-refractivity contribution in [2.24, 2.45) is 22.2 Å². The van der Waals surface area contributed by atoms with Gasteiger partial charge in [0.1, 0.15) is 6.04 Å². The van der Waals surface area contributed by atoms with Crippen molar-refractivity contribution in [3.8, 4) is 0 Å². The average Bonchev–Trinajstić information content (AvgIpc) is 2.08. The Morgan fingerprint density at radius 3 is 2.00 bits per heavy atom. The number of carboxylic acids is 1. The molecule has 0 rings (SSSR count). The summed E-state index contributed by atoms with van der Waals surface area (Å²) in [5.41, 5.74) is 15.3. The van der Waals surface area contributed by atoms with E-state index in [-0.39, 0.29) is 5.96 Å². The Hall–Kier alpha value is -1.25. The van der Waals surface area contributed by atoms with Crippen LogP contribution in [0, 0.1) is 0 Å². The number of carbonyl (C=O) groups is 1. The summed E-state index contributed by atoms with van der Waals surface area (Å²) < 4.78 is 31.9. The van der Waals surface area contributed by atoms with E-state index in [0.29, 0.717) is 19.4 Å². The molecule has 0 fully saturated rings. The molecular formula is C6H16CrN4O6. The van der Waals surface area contributed by atoms with Gasteiger partial charge < -0.3 is 22.3 Å². The van der Waals surface area contributed by atoms with E-state index in [4.69, 9.17) is 38.2 Å². The van der Waals surface area contributed by atoms with Gasteiger partial charge in [-0.05, 0) is 12.8 Å². The molecule has 0 spiro atoms. The predicted molar refractivity (Wildman–Crippen MR) is 51.3 cm³/mol. The van der Waals surface area contributed by atoms with Gasteiger partial charge in [0.05, 0.1) is 0 Å². The Kier molecular flexibility index (Phi) is 9.44. The number of aliphatic imine (C=N–C) groups is 1. The van der Waals surface area contributed by atoms with Crippen molar-refractivity contribution in [1.29, 1.82) is 0 Å². The molecule has 0 aliphatic rings. The molecule has 0 aromatic rings. The van der Waals surface area contributed by atoms with Crippen molar-refractivity contribution >= 4 is 11.9 Å².